The van der Waals surface area contributed by atoms with Gasteiger partial charge in [0.2, 0.25) is 5.89 Å². The van der Waals surface area contributed by atoms with Gasteiger partial charge in [0, 0.05) is 29.1 Å². The number of para-hydroxylation sites is 2. The molecular weight excluding hydrogens is 398 g/mol. The van der Waals surface area contributed by atoms with Crippen molar-refractivity contribution in [2.45, 2.75) is 19.6 Å². The largest absolute Gasteiger partial charge is 0.439 e. The molecule has 0 aliphatic heterocycles. The summed E-state index contributed by atoms with van der Waals surface area (Å²) in [6.07, 6.45) is 0. The van der Waals surface area contributed by atoms with Crippen molar-refractivity contribution in [2.24, 2.45) is 0 Å². The molecule has 4 aromatic rings. The molecule has 0 saturated carbocycles. The Morgan fingerprint density at radius 3 is 2.54 bits per heavy atom. The Balaban J connectivity index is 1.57. The molecule has 0 aliphatic carbocycles. The number of benzene rings is 2. The highest BCUT2D eigenvalue weighted by Crippen LogP contribution is 2.26. The lowest BCUT2D eigenvalue weighted by molar-refractivity contribution is -0.380. The van der Waals surface area contributed by atoms with Gasteiger partial charge in [0.15, 0.2) is 5.58 Å². The molecule has 0 aliphatic rings. The van der Waals surface area contributed by atoms with E-state index in [1.54, 1.807) is 12.1 Å². The molecule has 0 saturated heterocycles. The van der Waals surface area contributed by atoms with Crippen molar-refractivity contribution in [3.05, 3.63) is 92.1 Å². The number of halogens is 1. The molecule has 0 spiro atoms. The van der Waals surface area contributed by atoms with Crippen LogP contribution in [0.5, 0.6) is 0 Å². The summed E-state index contributed by atoms with van der Waals surface area (Å²) in [7, 11) is 0. The van der Waals surface area contributed by atoms with Gasteiger partial charge in [-0.25, -0.2) is 4.98 Å². The highest BCUT2D eigenvalue weighted by molar-refractivity contribution is 7.15. The maximum Gasteiger partial charge on any atom is 0.324 e. The molecule has 0 fully saturated rings. The first-order chi connectivity index (χ1) is 13.6. The highest BCUT2D eigenvalue weighted by Gasteiger charge is 2.16. The van der Waals surface area contributed by atoms with Crippen LogP contribution in [0.4, 0.5) is 5.00 Å². The number of nitro groups is 1. The van der Waals surface area contributed by atoms with Crippen LogP contribution < -0.4 is 0 Å². The summed E-state index contributed by atoms with van der Waals surface area (Å²) >= 11 is 7.17. The van der Waals surface area contributed by atoms with E-state index < -0.39 is 0 Å². The van der Waals surface area contributed by atoms with Gasteiger partial charge in [-0.1, -0.05) is 47.2 Å². The predicted molar refractivity (Wildman–Crippen MR) is 109 cm³/mol. The minimum absolute atomic E-state index is 0.142. The van der Waals surface area contributed by atoms with Gasteiger partial charge < -0.3 is 4.42 Å². The van der Waals surface area contributed by atoms with Crippen LogP contribution in [0, 0.1) is 10.1 Å². The molecule has 28 heavy (non-hydrogen) atoms. The lowest BCUT2D eigenvalue weighted by Gasteiger charge is -2.20. The van der Waals surface area contributed by atoms with Crippen molar-refractivity contribution in [1.29, 1.82) is 0 Å². The van der Waals surface area contributed by atoms with E-state index >= 15 is 0 Å². The minimum atomic E-state index is -0.363. The van der Waals surface area contributed by atoms with Crippen molar-refractivity contribution in [3.63, 3.8) is 0 Å². The van der Waals surface area contributed by atoms with E-state index in [0.29, 0.717) is 30.5 Å². The molecule has 0 N–H and O–H groups in total. The van der Waals surface area contributed by atoms with E-state index in [4.69, 9.17) is 16.0 Å². The average Bonchev–Trinajstić information content (AvgIpc) is 3.30. The van der Waals surface area contributed by atoms with Crippen molar-refractivity contribution in [3.8, 4) is 0 Å². The van der Waals surface area contributed by atoms with E-state index in [0.717, 1.165) is 21.5 Å². The summed E-state index contributed by atoms with van der Waals surface area (Å²) in [6, 6.07) is 18.6. The third-order valence-electron chi connectivity index (χ3n) is 4.22. The van der Waals surface area contributed by atoms with E-state index in [1.165, 1.54) is 11.3 Å². The molecule has 0 unspecified atom stereocenters. The van der Waals surface area contributed by atoms with Crippen molar-refractivity contribution < 1.29 is 9.34 Å². The average molecular weight is 414 g/mol. The Morgan fingerprint density at radius 1 is 1.04 bits per heavy atom. The summed E-state index contributed by atoms with van der Waals surface area (Å²) in [5.41, 5.74) is 2.65. The number of hydrogen-bond donors (Lipinski definition) is 0. The quantitative estimate of drug-likeness (QED) is 0.289. The molecule has 0 bridgehead atoms. The summed E-state index contributed by atoms with van der Waals surface area (Å²) < 4.78 is 5.86. The van der Waals surface area contributed by atoms with E-state index in [9.17, 15) is 10.1 Å². The Kier molecular flexibility index (Phi) is 5.38. The van der Waals surface area contributed by atoms with Gasteiger partial charge in [-0.3, -0.25) is 15.0 Å². The van der Waals surface area contributed by atoms with Gasteiger partial charge in [0.25, 0.3) is 0 Å². The molecule has 6 nitrogen and oxygen atoms in total. The summed E-state index contributed by atoms with van der Waals surface area (Å²) in [5, 5.41) is 11.8. The summed E-state index contributed by atoms with van der Waals surface area (Å²) in [5.74, 6) is 0.612. The van der Waals surface area contributed by atoms with Crippen LogP contribution in [0.25, 0.3) is 11.1 Å². The molecular formula is C20H16ClN3O3S. The van der Waals surface area contributed by atoms with Gasteiger partial charge in [0.1, 0.15) is 5.52 Å². The van der Waals surface area contributed by atoms with Gasteiger partial charge in [-0.05, 0) is 35.9 Å². The fraction of sp³-hybridized carbons (Fsp3) is 0.150. The second-order valence-corrected chi connectivity index (χ2v) is 7.93. The van der Waals surface area contributed by atoms with E-state index in [2.05, 4.69) is 9.88 Å². The number of oxazole rings is 1. The first-order valence-corrected chi connectivity index (χ1v) is 9.80. The Bertz CT molecular complexity index is 1070. The molecule has 8 heteroatoms. The zero-order chi connectivity index (χ0) is 19.5. The molecule has 0 atom stereocenters. The van der Waals surface area contributed by atoms with Gasteiger partial charge >= 0.3 is 5.00 Å². The zero-order valence-electron chi connectivity index (χ0n) is 14.7. The molecule has 0 radical (unpaired) electrons. The van der Waals surface area contributed by atoms with Crippen LogP contribution in [0.2, 0.25) is 5.02 Å². The van der Waals surface area contributed by atoms with Crippen LogP contribution in [-0.2, 0) is 19.6 Å². The fourth-order valence-corrected chi connectivity index (χ4v) is 3.95. The van der Waals surface area contributed by atoms with Crippen LogP contribution in [0.1, 0.15) is 16.3 Å². The smallest absolute Gasteiger partial charge is 0.324 e. The first kappa shape index (κ1) is 18.6. The highest BCUT2D eigenvalue weighted by atomic mass is 35.5. The number of rotatable bonds is 7. The summed E-state index contributed by atoms with van der Waals surface area (Å²) in [6.45, 7) is 1.68. The molecule has 0 amide bonds. The van der Waals surface area contributed by atoms with Crippen LogP contribution in [0.3, 0.4) is 0 Å². The maximum absolute atomic E-state index is 11.0. The monoisotopic (exact) mass is 413 g/mol. The standard InChI is InChI=1S/C20H16ClN3O3S/c21-15-7-5-14(6-8-15)11-23(12-16-9-10-20(28-16)24(25)26)13-19-22-17-3-1-2-4-18(17)27-19/h1-10H,11-13H2. The van der Waals surface area contributed by atoms with Crippen LogP contribution in [-0.4, -0.2) is 14.8 Å². The van der Waals surface area contributed by atoms with Gasteiger partial charge in [0.05, 0.1) is 11.5 Å². The Morgan fingerprint density at radius 2 is 1.82 bits per heavy atom. The molecule has 4 rings (SSSR count). The molecule has 142 valence electrons. The third kappa shape index (κ3) is 4.39. The topological polar surface area (TPSA) is 72.4 Å². The molecule has 2 aromatic carbocycles. The SMILES string of the molecule is O=[N+]([O-])c1ccc(CN(Cc2ccc(Cl)cc2)Cc2nc3ccccc3o2)s1. The minimum Gasteiger partial charge on any atom is -0.439 e. The molecule has 2 heterocycles. The fourth-order valence-electron chi connectivity index (χ4n) is 2.96. The second kappa shape index (κ2) is 8.10. The predicted octanol–water partition coefficient (Wildman–Crippen LogP) is 5.65. The number of fused-ring (bicyclic) bond motifs is 1. The van der Waals surface area contributed by atoms with Gasteiger partial charge in [-0.15, -0.1) is 0 Å². The van der Waals surface area contributed by atoms with Crippen LogP contribution >= 0.6 is 22.9 Å². The lowest BCUT2D eigenvalue weighted by atomic mass is 10.2. The van der Waals surface area contributed by atoms with E-state index in [1.807, 2.05) is 48.5 Å². The van der Waals surface area contributed by atoms with E-state index in [-0.39, 0.29) is 9.92 Å². The maximum atomic E-state index is 11.0. The summed E-state index contributed by atoms with van der Waals surface area (Å²) in [4.78, 5) is 18.2. The molecule has 2 aromatic heterocycles. The lowest BCUT2D eigenvalue weighted by Crippen LogP contribution is -2.22. The van der Waals surface area contributed by atoms with Gasteiger partial charge in [-0.2, -0.15) is 0 Å². The zero-order valence-corrected chi connectivity index (χ0v) is 16.3. The normalized spacial score (nSPS) is 11.4. The number of hydrogen-bond acceptors (Lipinski definition) is 6. The number of thiophene rings is 1. The van der Waals surface area contributed by atoms with Crippen molar-refractivity contribution >= 4 is 39.0 Å². The van der Waals surface area contributed by atoms with Crippen molar-refractivity contribution in [1.82, 2.24) is 9.88 Å². The Hall–Kier alpha value is -2.74. The first-order valence-electron chi connectivity index (χ1n) is 8.61. The third-order valence-corrected chi connectivity index (χ3v) is 5.50. The Labute approximate surface area is 170 Å². The second-order valence-electron chi connectivity index (χ2n) is 6.34. The number of aromatic nitrogens is 1. The van der Waals surface area contributed by atoms with Crippen molar-refractivity contribution in [2.75, 3.05) is 0 Å². The number of nitrogens with zero attached hydrogens (tertiary/aromatic N) is 3. The van der Waals surface area contributed by atoms with Crippen LogP contribution in [0.15, 0.2) is 65.1 Å².